The minimum Gasteiger partial charge on any atom is -0.493 e. The van der Waals surface area contributed by atoms with Crippen molar-refractivity contribution in [2.45, 2.75) is 6.92 Å². The van der Waals surface area contributed by atoms with Gasteiger partial charge in [0.1, 0.15) is 11.4 Å². The summed E-state index contributed by atoms with van der Waals surface area (Å²) in [5, 5.41) is 2.13. The standard InChI is InChI=1S/C20H16FIN2O5/c1-3-29-17-15(22)9-11(10-16(17)28-2)8-14-18(25)23-20(27)24(19(14)26)13-6-4-12(21)5-7-13/h4-10H,3H2,1-2H3,(H,23,25,27)/b14-8-. The first-order chi connectivity index (χ1) is 13.8. The molecule has 9 heteroatoms. The molecule has 2 aromatic rings. The van der Waals surface area contributed by atoms with E-state index in [1.165, 1.54) is 25.3 Å². The smallest absolute Gasteiger partial charge is 0.335 e. The van der Waals surface area contributed by atoms with E-state index in [4.69, 9.17) is 9.47 Å². The van der Waals surface area contributed by atoms with E-state index in [0.717, 1.165) is 20.6 Å². The molecule has 7 nitrogen and oxygen atoms in total. The molecule has 1 fully saturated rings. The Morgan fingerprint density at radius 3 is 2.48 bits per heavy atom. The predicted molar refractivity (Wildman–Crippen MR) is 112 cm³/mol. The predicted octanol–water partition coefficient (Wildman–Crippen LogP) is 3.50. The first kappa shape index (κ1) is 20.8. The molecule has 0 unspecified atom stereocenters. The summed E-state index contributed by atoms with van der Waals surface area (Å²) in [5.41, 5.74) is 0.420. The fourth-order valence-electron chi connectivity index (χ4n) is 2.76. The lowest BCUT2D eigenvalue weighted by Crippen LogP contribution is -2.54. The Balaban J connectivity index is 2.02. The van der Waals surface area contributed by atoms with Crippen LogP contribution in [0.2, 0.25) is 0 Å². The van der Waals surface area contributed by atoms with E-state index < -0.39 is 23.7 Å². The zero-order valence-electron chi connectivity index (χ0n) is 15.5. The van der Waals surface area contributed by atoms with E-state index in [0.29, 0.717) is 23.7 Å². The van der Waals surface area contributed by atoms with Gasteiger partial charge >= 0.3 is 6.03 Å². The lowest BCUT2D eigenvalue weighted by molar-refractivity contribution is -0.122. The van der Waals surface area contributed by atoms with Gasteiger partial charge < -0.3 is 9.47 Å². The summed E-state index contributed by atoms with van der Waals surface area (Å²) >= 11 is 2.06. The van der Waals surface area contributed by atoms with Crippen LogP contribution in [0.1, 0.15) is 12.5 Å². The molecule has 1 aliphatic rings. The van der Waals surface area contributed by atoms with Gasteiger partial charge in [0.05, 0.1) is 23.0 Å². The van der Waals surface area contributed by atoms with Crippen LogP contribution in [-0.4, -0.2) is 31.6 Å². The van der Waals surface area contributed by atoms with Crippen LogP contribution in [0.3, 0.4) is 0 Å². The molecule has 1 heterocycles. The number of benzene rings is 2. The van der Waals surface area contributed by atoms with Crippen LogP contribution >= 0.6 is 22.6 Å². The molecule has 29 heavy (non-hydrogen) atoms. The van der Waals surface area contributed by atoms with Crippen molar-refractivity contribution in [3.63, 3.8) is 0 Å². The SMILES string of the molecule is CCOc1c(I)cc(/C=C2/C(=O)NC(=O)N(c3ccc(F)cc3)C2=O)cc1OC. The Bertz CT molecular complexity index is 1020. The number of imide groups is 2. The van der Waals surface area contributed by atoms with E-state index in [-0.39, 0.29) is 11.3 Å². The number of hydrogen-bond donors (Lipinski definition) is 1. The number of carbonyl (C=O) groups is 3. The molecule has 1 aliphatic heterocycles. The number of carbonyl (C=O) groups excluding carboxylic acids is 3. The summed E-state index contributed by atoms with van der Waals surface area (Å²) in [5.74, 6) is -1.14. The number of methoxy groups -OCH3 is 1. The Morgan fingerprint density at radius 2 is 1.86 bits per heavy atom. The molecule has 0 saturated carbocycles. The first-order valence-electron chi connectivity index (χ1n) is 8.53. The highest BCUT2D eigenvalue weighted by atomic mass is 127. The highest BCUT2D eigenvalue weighted by Gasteiger charge is 2.36. The lowest BCUT2D eigenvalue weighted by Gasteiger charge is -2.26. The highest BCUT2D eigenvalue weighted by molar-refractivity contribution is 14.1. The number of barbiturate groups is 1. The Kier molecular flexibility index (Phi) is 6.16. The average molecular weight is 510 g/mol. The molecule has 0 aliphatic carbocycles. The van der Waals surface area contributed by atoms with Crippen LogP contribution in [0.5, 0.6) is 11.5 Å². The molecule has 0 aromatic heterocycles. The van der Waals surface area contributed by atoms with Crippen molar-refractivity contribution < 1.29 is 28.2 Å². The van der Waals surface area contributed by atoms with Gasteiger partial charge in [-0.05, 0) is 77.6 Å². The molecule has 0 radical (unpaired) electrons. The van der Waals surface area contributed by atoms with Gasteiger partial charge in [-0.25, -0.2) is 14.1 Å². The van der Waals surface area contributed by atoms with Crippen molar-refractivity contribution in [1.82, 2.24) is 5.32 Å². The third kappa shape index (κ3) is 4.24. The van der Waals surface area contributed by atoms with E-state index in [9.17, 15) is 18.8 Å². The van der Waals surface area contributed by atoms with Crippen LogP contribution in [-0.2, 0) is 9.59 Å². The van der Waals surface area contributed by atoms with Gasteiger partial charge in [-0.1, -0.05) is 0 Å². The Morgan fingerprint density at radius 1 is 1.17 bits per heavy atom. The fraction of sp³-hybridized carbons (Fsp3) is 0.150. The summed E-state index contributed by atoms with van der Waals surface area (Å²) in [7, 11) is 1.48. The third-order valence-corrected chi connectivity index (χ3v) is 4.84. The molecule has 0 atom stereocenters. The summed E-state index contributed by atoms with van der Waals surface area (Å²) in [4.78, 5) is 38.1. The second kappa shape index (κ2) is 8.60. The first-order valence-corrected chi connectivity index (χ1v) is 9.61. The minimum atomic E-state index is -0.900. The van der Waals surface area contributed by atoms with E-state index in [2.05, 4.69) is 27.9 Å². The molecule has 1 saturated heterocycles. The highest BCUT2D eigenvalue weighted by Crippen LogP contribution is 2.35. The van der Waals surface area contributed by atoms with Crippen LogP contribution in [0.25, 0.3) is 6.08 Å². The molecule has 3 rings (SSSR count). The number of amides is 4. The lowest BCUT2D eigenvalue weighted by atomic mass is 10.1. The largest absolute Gasteiger partial charge is 0.493 e. The molecular formula is C20H16FIN2O5. The molecule has 2 aromatic carbocycles. The zero-order chi connectivity index (χ0) is 21.1. The van der Waals surface area contributed by atoms with Crippen LogP contribution in [0, 0.1) is 9.39 Å². The van der Waals surface area contributed by atoms with E-state index >= 15 is 0 Å². The molecule has 0 spiro atoms. The maximum Gasteiger partial charge on any atom is 0.335 e. The quantitative estimate of drug-likeness (QED) is 0.378. The zero-order valence-corrected chi connectivity index (χ0v) is 17.7. The normalized spacial score (nSPS) is 15.5. The van der Waals surface area contributed by atoms with E-state index in [1.54, 1.807) is 12.1 Å². The Hall–Kier alpha value is -2.95. The van der Waals surface area contributed by atoms with Gasteiger partial charge in [-0.15, -0.1) is 0 Å². The third-order valence-electron chi connectivity index (χ3n) is 4.04. The van der Waals surface area contributed by atoms with Gasteiger partial charge in [-0.3, -0.25) is 14.9 Å². The summed E-state index contributed by atoms with van der Waals surface area (Å²) in [6.45, 7) is 2.29. The van der Waals surface area contributed by atoms with Gasteiger partial charge in [0.25, 0.3) is 11.8 Å². The van der Waals surface area contributed by atoms with Crippen LogP contribution in [0.15, 0.2) is 42.0 Å². The number of halogens is 2. The van der Waals surface area contributed by atoms with Crippen LogP contribution in [0.4, 0.5) is 14.9 Å². The average Bonchev–Trinajstić information content (AvgIpc) is 2.68. The van der Waals surface area contributed by atoms with Crippen LogP contribution < -0.4 is 19.7 Å². The van der Waals surface area contributed by atoms with Crippen molar-refractivity contribution >= 4 is 52.2 Å². The number of anilines is 1. The number of rotatable bonds is 5. The van der Waals surface area contributed by atoms with Gasteiger partial charge in [0.15, 0.2) is 11.5 Å². The van der Waals surface area contributed by atoms with Crippen molar-refractivity contribution in [3.05, 3.63) is 56.9 Å². The number of nitrogens with one attached hydrogen (secondary N) is 1. The second-order valence-corrected chi connectivity index (χ2v) is 7.06. The number of ether oxygens (including phenoxy) is 2. The maximum absolute atomic E-state index is 13.2. The van der Waals surface area contributed by atoms with Crippen molar-refractivity contribution in [2.24, 2.45) is 0 Å². The second-order valence-electron chi connectivity index (χ2n) is 5.90. The minimum absolute atomic E-state index is 0.145. The number of nitrogens with zero attached hydrogens (tertiary/aromatic N) is 1. The van der Waals surface area contributed by atoms with E-state index in [1.807, 2.05) is 6.92 Å². The van der Waals surface area contributed by atoms with Gasteiger partial charge in [0.2, 0.25) is 0 Å². The molecule has 150 valence electrons. The summed E-state index contributed by atoms with van der Waals surface area (Å²) in [6, 6.07) is 7.25. The molecule has 0 bridgehead atoms. The molecule has 4 amide bonds. The number of urea groups is 1. The fourth-order valence-corrected chi connectivity index (χ4v) is 3.54. The summed E-state index contributed by atoms with van der Waals surface area (Å²) in [6.07, 6.45) is 1.36. The van der Waals surface area contributed by atoms with Crippen molar-refractivity contribution in [3.8, 4) is 11.5 Å². The van der Waals surface area contributed by atoms with Gasteiger partial charge in [-0.2, -0.15) is 0 Å². The Labute approximate surface area is 179 Å². The summed E-state index contributed by atoms with van der Waals surface area (Å²) < 4.78 is 24.8. The van der Waals surface area contributed by atoms with Gasteiger partial charge in [0, 0.05) is 0 Å². The molecular weight excluding hydrogens is 494 g/mol. The maximum atomic E-state index is 13.2. The topological polar surface area (TPSA) is 84.9 Å². The van der Waals surface area contributed by atoms with Crippen molar-refractivity contribution in [1.29, 1.82) is 0 Å². The van der Waals surface area contributed by atoms with Crippen molar-refractivity contribution in [2.75, 3.05) is 18.6 Å². The number of hydrogen-bond acceptors (Lipinski definition) is 5. The monoisotopic (exact) mass is 510 g/mol. The molecule has 1 N–H and O–H groups in total.